The summed E-state index contributed by atoms with van der Waals surface area (Å²) in [5.41, 5.74) is 6.18. The quantitative estimate of drug-likeness (QED) is 0.184. The Labute approximate surface area is 209 Å². The van der Waals surface area contributed by atoms with Crippen LogP contribution < -0.4 is 0 Å². The fraction of sp³-hybridized carbons (Fsp3) is 0.714. The van der Waals surface area contributed by atoms with Gasteiger partial charge in [0.15, 0.2) is 0 Å². The SMILES string of the molecule is CCCCC1=C[CH]([Ti]([Cl])([Cl])([CH]2C=C(CCCC)C=C2CCCC)[SiH](C)C)C(CCCC)=C1. The van der Waals surface area contributed by atoms with Gasteiger partial charge >= 0.3 is 211 Å². The van der Waals surface area contributed by atoms with E-state index in [9.17, 15) is 0 Å². The van der Waals surface area contributed by atoms with Crippen LogP contribution in [-0.2, 0) is 12.4 Å². The number of halogens is 2. The minimum atomic E-state index is -3.96. The van der Waals surface area contributed by atoms with E-state index in [2.05, 4.69) is 65.1 Å². The zero-order valence-corrected chi connectivity index (χ0v) is 26.0. The molecule has 0 aromatic heterocycles. The first-order valence-corrected chi connectivity index (χ1v) is 25.3. The van der Waals surface area contributed by atoms with E-state index >= 15 is 0 Å². The van der Waals surface area contributed by atoms with Crippen molar-refractivity contribution in [2.75, 3.05) is 0 Å². The molecule has 0 aliphatic heterocycles. The van der Waals surface area contributed by atoms with Crippen LogP contribution in [0, 0.1) is 0 Å². The van der Waals surface area contributed by atoms with Crippen molar-refractivity contribution in [1.82, 2.24) is 0 Å². The molecule has 2 rings (SSSR count). The maximum absolute atomic E-state index is 8.14. The Balaban J connectivity index is 2.54. The van der Waals surface area contributed by atoms with Gasteiger partial charge in [0, 0.05) is 0 Å². The normalized spacial score (nSPS) is 22.5. The summed E-state index contributed by atoms with van der Waals surface area (Å²) in [4.78, 5) is 0. The van der Waals surface area contributed by atoms with Gasteiger partial charge in [-0.2, -0.15) is 0 Å². The molecular formula is C28H49Cl2SiTi. The topological polar surface area (TPSA) is 0 Å². The maximum atomic E-state index is 8.14. The van der Waals surface area contributed by atoms with Gasteiger partial charge in [0.1, 0.15) is 0 Å². The van der Waals surface area contributed by atoms with Gasteiger partial charge in [-0.25, -0.2) is 0 Å². The first-order chi connectivity index (χ1) is 15.2. The van der Waals surface area contributed by atoms with E-state index in [1.54, 1.807) is 11.1 Å². The Bertz CT molecular complexity index is 689. The average molecular weight is 533 g/mol. The fourth-order valence-corrected chi connectivity index (χ4v) is 24.9. The van der Waals surface area contributed by atoms with Crippen molar-refractivity contribution >= 4 is 25.3 Å². The van der Waals surface area contributed by atoms with Crippen LogP contribution >= 0.6 is 18.6 Å². The van der Waals surface area contributed by atoms with E-state index in [1.165, 1.54) is 88.2 Å². The Morgan fingerprint density at radius 2 is 1.00 bits per heavy atom. The Morgan fingerprint density at radius 3 is 1.31 bits per heavy atom. The zero-order valence-electron chi connectivity index (χ0n) is 21.8. The molecular weight excluding hydrogens is 483 g/mol. The molecule has 2 atom stereocenters. The molecule has 0 aromatic rings. The molecule has 0 fully saturated rings. The Morgan fingerprint density at radius 1 is 0.656 bits per heavy atom. The summed E-state index contributed by atoms with van der Waals surface area (Å²) >= 11 is -3.96. The molecule has 0 nitrogen and oxygen atoms in total. The van der Waals surface area contributed by atoms with Crippen LogP contribution in [-0.4, -0.2) is 6.66 Å². The average Bonchev–Trinajstić information content (AvgIpc) is 3.38. The molecule has 2 unspecified atom stereocenters. The Kier molecular flexibility index (Phi) is 11.6. The van der Waals surface area contributed by atoms with Crippen molar-refractivity contribution in [1.29, 1.82) is 0 Å². The second-order valence-corrected chi connectivity index (χ2v) is 40.1. The molecule has 0 aromatic carbocycles. The predicted molar refractivity (Wildman–Crippen MR) is 149 cm³/mol. The third-order valence-corrected chi connectivity index (χ3v) is 43.4. The van der Waals surface area contributed by atoms with Gasteiger partial charge in [-0.05, 0) is 0 Å². The molecule has 183 valence electrons. The van der Waals surface area contributed by atoms with Gasteiger partial charge in [-0.1, -0.05) is 0 Å². The molecule has 0 heterocycles. The van der Waals surface area contributed by atoms with E-state index in [0.717, 1.165) is 0 Å². The van der Waals surface area contributed by atoms with Gasteiger partial charge in [-0.3, -0.25) is 0 Å². The summed E-state index contributed by atoms with van der Waals surface area (Å²) in [5, 5.41) is 0. The summed E-state index contributed by atoms with van der Waals surface area (Å²) < 4.78 is 0.661. The van der Waals surface area contributed by atoms with Crippen molar-refractivity contribution < 1.29 is 12.4 Å². The monoisotopic (exact) mass is 531 g/mol. The van der Waals surface area contributed by atoms with E-state index < -0.39 is 19.1 Å². The summed E-state index contributed by atoms with van der Waals surface area (Å²) in [7, 11) is 16.3. The van der Waals surface area contributed by atoms with E-state index in [0.29, 0.717) is 8.45 Å². The van der Waals surface area contributed by atoms with Gasteiger partial charge in [-0.15, -0.1) is 0 Å². The van der Waals surface area contributed by atoms with Crippen LogP contribution in [0.3, 0.4) is 0 Å². The van der Waals surface area contributed by atoms with Crippen molar-refractivity contribution in [3.63, 3.8) is 0 Å². The molecule has 4 heteroatoms. The molecule has 0 N–H and O–H groups in total. The molecule has 2 aliphatic rings. The summed E-state index contributed by atoms with van der Waals surface area (Å²) in [6, 6.07) is 0. The van der Waals surface area contributed by atoms with Crippen LogP contribution in [0.5, 0.6) is 0 Å². The van der Waals surface area contributed by atoms with Crippen LogP contribution in [0.15, 0.2) is 46.6 Å². The Hall–Kier alpha value is 0.471. The molecule has 2 aliphatic carbocycles. The minimum absolute atomic E-state index is 0.331. The van der Waals surface area contributed by atoms with Crippen molar-refractivity contribution in [2.24, 2.45) is 0 Å². The van der Waals surface area contributed by atoms with Gasteiger partial charge < -0.3 is 0 Å². The first kappa shape index (κ1) is 28.7. The first-order valence-electron chi connectivity index (χ1n) is 13.6. The number of unbranched alkanes of at least 4 members (excludes halogenated alkanes) is 4. The van der Waals surface area contributed by atoms with Crippen LogP contribution in [0.25, 0.3) is 0 Å². The fourth-order valence-electron chi connectivity index (χ4n) is 5.62. The van der Waals surface area contributed by atoms with E-state index in [-0.39, 0.29) is 0 Å². The van der Waals surface area contributed by atoms with Crippen molar-refractivity contribution in [3.8, 4) is 0 Å². The standard InChI is InChI=1S/2C13H21.C2H7Si.2ClH.Ti/c2*1-3-5-7-12-9-10-13(11-12)8-6-4-2;1-3-2;;;/h2*9-11H,3-8H2,1-2H3;3H,1-2H3;2*1H;/q;;;;;+2/p-2. The van der Waals surface area contributed by atoms with Gasteiger partial charge in [0.2, 0.25) is 0 Å². The molecule has 0 saturated carbocycles. The molecule has 0 amide bonds. The summed E-state index contributed by atoms with van der Waals surface area (Å²) in [6.07, 6.45) is 24.8. The molecule has 0 saturated heterocycles. The number of allylic oxidation sites excluding steroid dienone is 8. The van der Waals surface area contributed by atoms with Crippen LogP contribution in [0.4, 0.5) is 0 Å². The van der Waals surface area contributed by atoms with Gasteiger partial charge in [0.05, 0.1) is 0 Å². The molecule has 32 heavy (non-hydrogen) atoms. The number of hydrogen-bond donors (Lipinski definition) is 0. The summed E-state index contributed by atoms with van der Waals surface area (Å²) in [5.74, 6) is 0. The van der Waals surface area contributed by atoms with E-state index in [1.807, 2.05) is 0 Å². The second kappa shape index (κ2) is 13.0. The second-order valence-electron chi connectivity index (χ2n) is 10.7. The van der Waals surface area contributed by atoms with Crippen molar-refractivity contribution in [2.45, 2.75) is 126 Å². The van der Waals surface area contributed by atoms with E-state index in [4.69, 9.17) is 18.6 Å². The third-order valence-electron chi connectivity index (χ3n) is 7.87. The third kappa shape index (κ3) is 6.37. The van der Waals surface area contributed by atoms with Crippen LogP contribution in [0.2, 0.25) is 21.5 Å². The number of hydrogen-bond acceptors (Lipinski definition) is 0. The zero-order chi connectivity index (χ0) is 23.8. The molecule has 0 radical (unpaired) electrons. The molecule has 0 bridgehead atoms. The summed E-state index contributed by atoms with van der Waals surface area (Å²) in [6.45, 7) is 12.8. The van der Waals surface area contributed by atoms with Gasteiger partial charge in [0.25, 0.3) is 0 Å². The number of rotatable bonds is 15. The predicted octanol–water partition coefficient (Wildman–Crippen LogP) is 11.0. The van der Waals surface area contributed by atoms with Crippen LogP contribution in [0.1, 0.15) is 105 Å². The van der Waals surface area contributed by atoms with Crippen molar-refractivity contribution in [3.05, 3.63) is 46.6 Å². The molecule has 0 spiro atoms.